The molecule has 1 N–H and O–H groups in total. The summed E-state index contributed by atoms with van der Waals surface area (Å²) >= 11 is 0. The van der Waals surface area contributed by atoms with E-state index in [1.165, 1.54) is 24.5 Å². The van der Waals surface area contributed by atoms with E-state index in [2.05, 4.69) is 15.4 Å². The van der Waals surface area contributed by atoms with Crippen molar-refractivity contribution < 1.29 is 13.2 Å². The van der Waals surface area contributed by atoms with Crippen LogP contribution in [0.1, 0.15) is 37.8 Å². The topological polar surface area (TPSA) is 94.0 Å². The van der Waals surface area contributed by atoms with Gasteiger partial charge < -0.3 is 5.32 Å². The minimum absolute atomic E-state index is 0.0623. The highest BCUT2D eigenvalue weighted by atomic mass is 32.2. The maximum atomic E-state index is 12.8. The van der Waals surface area contributed by atoms with Crippen molar-refractivity contribution in [3.05, 3.63) is 66.7 Å². The molecule has 8 heteroatoms. The molecule has 0 unspecified atom stereocenters. The van der Waals surface area contributed by atoms with E-state index in [1.807, 2.05) is 26.0 Å². The highest BCUT2D eigenvalue weighted by Crippen LogP contribution is 2.47. The molecule has 150 valence electrons. The molecule has 0 aliphatic heterocycles. The monoisotopic (exact) mass is 410 g/mol. The molecule has 4 rings (SSSR count). The van der Waals surface area contributed by atoms with E-state index >= 15 is 0 Å². The zero-order valence-electron chi connectivity index (χ0n) is 16.2. The van der Waals surface area contributed by atoms with Gasteiger partial charge in [0.1, 0.15) is 4.90 Å². The first kappa shape index (κ1) is 19.3. The van der Waals surface area contributed by atoms with Gasteiger partial charge in [0.25, 0.3) is 0 Å². The summed E-state index contributed by atoms with van der Waals surface area (Å²) in [5, 5.41) is 6.97. The number of pyridine rings is 1. The van der Waals surface area contributed by atoms with Gasteiger partial charge >= 0.3 is 0 Å². The third-order valence-corrected chi connectivity index (χ3v) is 6.81. The predicted octanol–water partition coefficient (Wildman–Crippen LogP) is 3.43. The first-order valence-electron chi connectivity index (χ1n) is 9.46. The van der Waals surface area contributed by atoms with Crippen LogP contribution in [0.15, 0.2) is 71.0 Å². The second-order valence-electron chi connectivity index (χ2n) is 7.50. The largest absolute Gasteiger partial charge is 0.326 e. The molecule has 1 aliphatic carbocycles. The average molecular weight is 410 g/mol. The highest BCUT2D eigenvalue weighted by Gasteiger charge is 2.44. The van der Waals surface area contributed by atoms with Gasteiger partial charge in [0.2, 0.25) is 15.7 Å². The van der Waals surface area contributed by atoms with Crippen molar-refractivity contribution in [3.63, 3.8) is 0 Å². The summed E-state index contributed by atoms with van der Waals surface area (Å²) in [6, 6.07) is 10.2. The predicted molar refractivity (Wildman–Crippen MR) is 108 cm³/mol. The zero-order chi connectivity index (χ0) is 20.6. The summed E-state index contributed by atoms with van der Waals surface area (Å²) < 4.78 is 27.2. The van der Waals surface area contributed by atoms with Gasteiger partial charge in [-0.1, -0.05) is 6.07 Å². The lowest BCUT2D eigenvalue weighted by atomic mass is 10.1. The Kier molecular flexibility index (Phi) is 4.96. The lowest BCUT2D eigenvalue weighted by Gasteiger charge is -2.07. The summed E-state index contributed by atoms with van der Waals surface area (Å²) in [7, 11) is -3.65. The number of carbonyl (C=O) groups is 1. The molecule has 1 aromatic carbocycles. The molecular weight excluding hydrogens is 388 g/mol. The van der Waals surface area contributed by atoms with Gasteiger partial charge in [-0.3, -0.25) is 14.5 Å². The maximum absolute atomic E-state index is 12.8. The van der Waals surface area contributed by atoms with Gasteiger partial charge in [-0.15, -0.1) is 0 Å². The van der Waals surface area contributed by atoms with Crippen molar-refractivity contribution in [2.24, 2.45) is 5.92 Å². The van der Waals surface area contributed by atoms with Crippen LogP contribution in [0.25, 0.3) is 0 Å². The van der Waals surface area contributed by atoms with E-state index in [9.17, 15) is 13.2 Å². The van der Waals surface area contributed by atoms with Crippen LogP contribution < -0.4 is 5.32 Å². The molecule has 2 atom stereocenters. The van der Waals surface area contributed by atoms with Crippen molar-refractivity contribution >= 4 is 21.4 Å². The van der Waals surface area contributed by atoms with E-state index in [4.69, 9.17) is 0 Å². The number of hydrogen-bond donors (Lipinski definition) is 1. The Morgan fingerprint density at radius 2 is 1.90 bits per heavy atom. The van der Waals surface area contributed by atoms with Crippen LogP contribution in [0, 0.1) is 5.92 Å². The molecule has 3 aromatic rings. The molecule has 0 spiro atoms. The number of benzene rings is 1. The molecule has 0 bridgehead atoms. The van der Waals surface area contributed by atoms with Crippen molar-refractivity contribution in [2.75, 3.05) is 5.32 Å². The van der Waals surface area contributed by atoms with Crippen LogP contribution in [0.3, 0.4) is 0 Å². The molecular formula is C21H22N4O3S. The second-order valence-corrected chi connectivity index (χ2v) is 9.45. The van der Waals surface area contributed by atoms with Crippen LogP contribution in [0.2, 0.25) is 0 Å². The van der Waals surface area contributed by atoms with Gasteiger partial charge in [-0.2, -0.15) is 5.10 Å². The van der Waals surface area contributed by atoms with Gasteiger partial charge in [0.05, 0.1) is 11.1 Å². The lowest BCUT2D eigenvalue weighted by molar-refractivity contribution is -0.117. The van der Waals surface area contributed by atoms with Crippen LogP contribution in [0.5, 0.6) is 0 Å². The van der Waals surface area contributed by atoms with Gasteiger partial charge in [-0.05, 0) is 62.1 Å². The van der Waals surface area contributed by atoms with Crippen LogP contribution in [-0.2, 0) is 14.6 Å². The SMILES string of the molecule is CC(C)n1cc(S(=O)(=O)c2ccc(NC(=O)[C@H]3C[C@H]3c3cccnc3)cc2)cn1. The first-order chi connectivity index (χ1) is 13.9. The van der Waals surface area contributed by atoms with Crippen molar-refractivity contribution in [2.45, 2.75) is 42.0 Å². The van der Waals surface area contributed by atoms with Gasteiger partial charge in [0.15, 0.2) is 0 Å². The summed E-state index contributed by atoms with van der Waals surface area (Å²) in [6.45, 7) is 3.86. The molecule has 1 amide bonds. The summed E-state index contributed by atoms with van der Waals surface area (Å²) in [5.41, 5.74) is 1.64. The summed E-state index contributed by atoms with van der Waals surface area (Å²) in [6.07, 6.45) is 7.19. The zero-order valence-corrected chi connectivity index (χ0v) is 17.0. The lowest BCUT2D eigenvalue weighted by Crippen LogP contribution is -2.14. The van der Waals surface area contributed by atoms with Gasteiger partial charge in [-0.25, -0.2) is 8.42 Å². The normalized spacial score (nSPS) is 18.6. The Labute approximate surface area is 169 Å². The minimum atomic E-state index is -3.65. The van der Waals surface area contributed by atoms with E-state index in [0.29, 0.717) is 5.69 Å². The second kappa shape index (κ2) is 7.44. The number of nitrogens with zero attached hydrogens (tertiary/aromatic N) is 3. The molecule has 0 radical (unpaired) electrons. The number of nitrogens with one attached hydrogen (secondary N) is 1. The van der Waals surface area contributed by atoms with Crippen LogP contribution >= 0.6 is 0 Å². The Morgan fingerprint density at radius 1 is 1.14 bits per heavy atom. The fourth-order valence-corrected chi connectivity index (χ4v) is 4.48. The quantitative estimate of drug-likeness (QED) is 0.672. The maximum Gasteiger partial charge on any atom is 0.228 e. The smallest absolute Gasteiger partial charge is 0.228 e. The standard InChI is InChI=1S/C21H22N4O3S/c1-14(2)25-13-18(12-23-25)29(27,28)17-7-5-16(6-8-17)24-21(26)20-10-19(20)15-4-3-9-22-11-15/h3-9,11-14,19-20H,10H2,1-2H3,(H,24,26)/t19-,20-/m0/s1. The third-order valence-electron chi connectivity index (χ3n) is 5.09. The Bertz CT molecular complexity index is 1120. The average Bonchev–Trinajstić information content (AvgIpc) is 3.35. The summed E-state index contributed by atoms with van der Waals surface area (Å²) in [5.74, 6) is 0.0537. The minimum Gasteiger partial charge on any atom is -0.326 e. The highest BCUT2D eigenvalue weighted by molar-refractivity contribution is 7.91. The first-order valence-corrected chi connectivity index (χ1v) is 10.9. The fraction of sp³-hybridized carbons (Fsp3) is 0.286. The molecule has 0 saturated heterocycles. The fourth-order valence-electron chi connectivity index (χ4n) is 3.28. The van der Waals surface area contributed by atoms with Crippen LogP contribution in [-0.4, -0.2) is 29.1 Å². The molecule has 7 nitrogen and oxygen atoms in total. The third kappa shape index (κ3) is 3.93. The Balaban J connectivity index is 1.43. The molecule has 2 aromatic heterocycles. The molecule has 2 heterocycles. The van der Waals surface area contributed by atoms with Crippen molar-refractivity contribution in [3.8, 4) is 0 Å². The number of aromatic nitrogens is 3. The molecule has 29 heavy (non-hydrogen) atoms. The van der Waals surface area contributed by atoms with E-state index in [-0.39, 0.29) is 33.6 Å². The van der Waals surface area contributed by atoms with E-state index in [0.717, 1.165) is 12.0 Å². The Morgan fingerprint density at radius 3 is 2.52 bits per heavy atom. The number of carbonyl (C=O) groups excluding carboxylic acids is 1. The number of hydrogen-bond acceptors (Lipinski definition) is 5. The van der Waals surface area contributed by atoms with Crippen molar-refractivity contribution in [1.29, 1.82) is 0 Å². The number of amides is 1. The van der Waals surface area contributed by atoms with E-state index in [1.54, 1.807) is 29.2 Å². The van der Waals surface area contributed by atoms with E-state index < -0.39 is 9.84 Å². The van der Waals surface area contributed by atoms with Crippen LogP contribution in [0.4, 0.5) is 5.69 Å². The number of anilines is 1. The molecule has 1 saturated carbocycles. The molecule has 1 aliphatic rings. The summed E-state index contributed by atoms with van der Waals surface area (Å²) in [4.78, 5) is 16.9. The van der Waals surface area contributed by atoms with Crippen molar-refractivity contribution in [1.82, 2.24) is 14.8 Å². The Hall–Kier alpha value is -3.00. The number of rotatable bonds is 6. The molecule has 1 fully saturated rings. The number of sulfone groups is 1. The van der Waals surface area contributed by atoms with Gasteiger partial charge in [0, 0.05) is 36.2 Å².